The van der Waals surface area contributed by atoms with Gasteiger partial charge in [-0.25, -0.2) is 0 Å². The normalized spacial score (nSPS) is 11.6. The van der Waals surface area contributed by atoms with E-state index in [0.717, 1.165) is 22.5 Å². The summed E-state index contributed by atoms with van der Waals surface area (Å²) in [5, 5.41) is 4.29. The first kappa shape index (κ1) is 20.5. The van der Waals surface area contributed by atoms with E-state index in [1.807, 2.05) is 30.3 Å². The third kappa shape index (κ3) is 4.13. The summed E-state index contributed by atoms with van der Waals surface area (Å²) >= 11 is 1.12. The average molecular weight is 437 g/mol. The van der Waals surface area contributed by atoms with Crippen molar-refractivity contribution in [3.63, 3.8) is 0 Å². The van der Waals surface area contributed by atoms with Crippen molar-refractivity contribution in [2.45, 2.75) is 6.42 Å². The number of methoxy groups -OCH3 is 3. The zero-order valence-electron chi connectivity index (χ0n) is 17.1. The molecule has 0 aliphatic heterocycles. The number of aromatic nitrogens is 3. The summed E-state index contributed by atoms with van der Waals surface area (Å²) in [6.07, 6.45) is 1.93. The number of ether oxygens (including phenoxy) is 3. The van der Waals surface area contributed by atoms with Crippen LogP contribution in [0.1, 0.15) is 16.8 Å². The molecule has 9 heteroatoms. The van der Waals surface area contributed by atoms with Crippen LogP contribution in [0.4, 0.5) is 0 Å². The lowest BCUT2D eigenvalue weighted by Crippen LogP contribution is -2.28. The van der Waals surface area contributed by atoms with E-state index in [-0.39, 0.29) is 22.6 Å². The van der Waals surface area contributed by atoms with Crippen molar-refractivity contribution in [2.24, 2.45) is 0 Å². The highest BCUT2D eigenvalue weighted by Crippen LogP contribution is 2.28. The lowest BCUT2D eigenvalue weighted by atomic mass is 10.1. The monoisotopic (exact) mass is 437 g/mol. The van der Waals surface area contributed by atoms with Crippen molar-refractivity contribution in [3.8, 4) is 17.2 Å². The number of fused-ring (bicyclic) bond motifs is 1. The van der Waals surface area contributed by atoms with Crippen LogP contribution in [0, 0.1) is 0 Å². The van der Waals surface area contributed by atoms with Crippen molar-refractivity contribution < 1.29 is 14.2 Å². The molecule has 31 heavy (non-hydrogen) atoms. The van der Waals surface area contributed by atoms with Gasteiger partial charge in [-0.15, -0.1) is 0 Å². The molecule has 4 aromatic rings. The van der Waals surface area contributed by atoms with E-state index in [0.29, 0.717) is 21.8 Å². The highest BCUT2D eigenvalue weighted by atomic mass is 32.1. The van der Waals surface area contributed by atoms with Crippen LogP contribution in [0.3, 0.4) is 0 Å². The van der Waals surface area contributed by atoms with Gasteiger partial charge in [0, 0.05) is 6.42 Å². The molecule has 0 fully saturated rings. The Morgan fingerprint density at radius 2 is 1.81 bits per heavy atom. The second-order valence-corrected chi connectivity index (χ2v) is 7.63. The Kier molecular flexibility index (Phi) is 5.68. The summed E-state index contributed by atoms with van der Waals surface area (Å²) in [6.45, 7) is 0. The predicted molar refractivity (Wildman–Crippen MR) is 118 cm³/mol. The van der Waals surface area contributed by atoms with Crippen LogP contribution in [0.15, 0.2) is 52.1 Å². The van der Waals surface area contributed by atoms with Gasteiger partial charge >= 0.3 is 0 Å². The summed E-state index contributed by atoms with van der Waals surface area (Å²) in [6, 6.07) is 12.7. The van der Waals surface area contributed by atoms with E-state index < -0.39 is 5.56 Å². The second kappa shape index (κ2) is 8.57. The SMILES string of the molecule is COc1cccc(/C=c2/sc3nc(=O)c(Cc4ccc(OC)c(OC)c4)nn3c2=O)c1. The topological polar surface area (TPSA) is 92.0 Å². The maximum Gasteiger partial charge on any atom is 0.296 e. The molecule has 2 heterocycles. The maximum atomic E-state index is 12.9. The fraction of sp³-hybridized carbons (Fsp3) is 0.182. The molecular formula is C22H19N3O5S. The Labute approximate surface area is 181 Å². The standard InChI is InChI=1S/C22H19N3O5S/c1-28-15-6-4-5-13(9-15)12-19-21(27)25-22(31-19)23-20(26)16(24-25)10-14-7-8-17(29-2)18(11-14)30-3/h4-9,11-12H,10H2,1-3H3/b19-12+. The maximum absolute atomic E-state index is 12.9. The van der Waals surface area contributed by atoms with Crippen LogP contribution in [-0.4, -0.2) is 35.9 Å². The Hall–Kier alpha value is -3.72. The van der Waals surface area contributed by atoms with Gasteiger partial charge in [0.2, 0.25) is 4.96 Å². The summed E-state index contributed by atoms with van der Waals surface area (Å²) in [5.41, 5.74) is 0.965. The molecule has 0 N–H and O–H groups in total. The molecule has 0 bridgehead atoms. The number of benzene rings is 2. The van der Waals surface area contributed by atoms with Crippen LogP contribution >= 0.6 is 11.3 Å². The van der Waals surface area contributed by atoms with Gasteiger partial charge in [-0.2, -0.15) is 14.6 Å². The Morgan fingerprint density at radius 3 is 2.55 bits per heavy atom. The number of rotatable bonds is 6. The van der Waals surface area contributed by atoms with Crippen molar-refractivity contribution in [1.82, 2.24) is 14.6 Å². The van der Waals surface area contributed by atoms with Crippen LogP contribution in [0.2, 0.25) is 0 Å². The van der Waals surface area contributed by atoms with Crippen molar-refractivity contribution in [1.29, 1.82) is 0 Å². The van der Waals surface area contributed by atoms with Crippen LogP contribution in [-0.2, 0) is 6.42 Å². The first-order valence-electron chi connectivity index (χ1n) is 9.32. The molecule has 8 nitrogen and oxygen atoms in total. The molecule has 2 aromatic heterocycles. The molecule has 158 valence electrons. The molecule has 0 radical (unpaired) electrons. The number of hydrogen-bond acceptors (Lipinski definition) is 8. The first-order chi connectivity index (χ1) is 15.0. The quantitative estimate of drug-likeness (QED) is 0.453. The zero-order chi connectivity index (χ0) is 22.0. The van der Waals surface area contributed by atoms with Gasteiger partial charge < -0.3 is 14.2 Å². The van der Waals surface area contributed by atoms with Crippen LogP contribution in [0.5, 0.6) is 17.2 Å². The molecule has 0 spiro atoms. The van der Waals surface area contributed by atoms with Crippen molar-refractivity contribution >= 4 is 22.4 Å². The Balaban J connectivity index is 1.75. The van der Waals surface area contributed by atoms with Crippen molar-refractivity contribution in [2.75, 3.05) is 21.3 Å². The number of thiazole rings is 1. The molecule has 4 rings (SSSR count). The number of hydrogen-bond donors (Lipinski definition) is 0. The van der Waals surface area contributed by atoms with Gasteiger partial charge in [0.1, 0.15) is 11.4 Å². The Bertz CT molecular complexity index is 1430. The van der Waals surface area contributed by atoms with Gasteiger partial charge in [-0.1, -0.05) is 29.5 Å². The summed E-state index contributed by atoms with van der Waals surface area (Å²) < 4.78 is 17.4. The molecule has 0 aliphatic carbocycles. The third-order valence-corrected chi connectivity index (χ3v) is 5.62. The predicted octanol–water partition coefficient (Wildman–Crippen LogP) is 1.68. The minimum Gasteiger partial charge on any atom is -0.497 e. The van der Waals surface area contributed by atoms with Gasteiger partial charge in [-0.05, 0) is 41.5 Å². The summed E-state index contributed by atoms with van der Waals surface area (Å²) in [7, 11) is 4.67. The lowest BCUT2D eigenvalue weighted by Gasteiger charge is -2.09. The minimum absolute atomic E-state index is 0.174. The average Bonchev–Trinajstić information content (AvgIpc) is 3.08. The van der Waals surface area contributed by atoms with Crippen molar-refractivity contribution in [3.05, 3.63) is 84.5 Å². The van der Waals surface area contributed by atoms with Gasteiger partial charge in [0.05, 0.1) is 25.9 Å². The summed E-state index contributed by atoms with van der Waals surface area (Å²) in [5.74, 6) is 1.82. The largest absolute Gasteiger partial charge is 0.497 e. The number of nitrogens with zero attached hydrogens (tertiary/aromatic N) is 3. The second-order valence-electron chi connectivity index (χ2n) is 6.62. The van der Waals surface area contributed by atoms with Gasteiger partial charge in [0.25, 0.3) is 11.1 Å². The van der Waals surface area contributed by atoms with E-state index >= 15 is 0 Å². The molecular weight excluding hydrogens is 418 g/mol. The first-order valence-corrected chi connectivity index (χ1v) is 10.1. The van der Waals surface area contributed by atoms with Gasteiger partial charge in [-0.3, -0.25) is 9.59 Å². The molecule has 2 aromatic carbocycles. The van der Waals surface area contributed by atoms with E-state index in [4.69, 9.17) is 14.2 Å². The molecule has 0 saturated carbocycles. The lowest BCUT2D eigenvalue weighted by molar-refractivity contribution is 0.354. The third-order valence-electron chi connectivity index (χ3n) is 4.66. The summed E-state index contributed by atoms with van der Waals surface area (Å²) in [4.78, 5) is 29.7. The Morgan fingerprint density at radius 1 is 1.00 bits per heavy atom. The highest BCUT2D eigenvalue weighted by molar-refractivity contribution is 7.15. The highest BCUT2D eigenvalue weighted by Gasteiger charge is 2.13. The fourth-order valence-corrected chi connectivity index (χ4v) is 4.02. The van der Waals surface area contributed by atoms with E-state index in [9.17, 15) is 9.59 Å². The molecule has 0 amide bonds. The minimum atomic E-state index is -0.469. The smallest absolute Gasteiger partial charge is 0.296 e. The molecule has 0 unspecified atom stereocenters. The zero-order valence-corrected chi connectivity index (χ0v) is 17.9. The van der Waals surface area contributed by atoms with Gasteiger partial charge in [0.15, 0.2) is 11.5 Å². The van der Waals surface area contributed by atoms with E-state index in [2.05, 4.69) is 10.1 Å². The van der Waals surface area contributed by atoms with Crippen LogP contribution < -0.4 is 29.9 Å². The molecule has 0 saturated heterocycles. The fourth-order valence-electron chi connectivity index (χ4n) is 3.12. The van der Waals surface area contributed by atoms with E-state index in [1.165, 1.54) is 11.6 Å². The molecule has 0 aliphatic rings. The van der Waals surface area contributed by atoms with Crippen LogP contribution in [0.25, 0.3) is 11.0 Å². The van der Waals surface area contributed by atoms with E-state index in [1.54, 1.807) is 32.4 Å². The molecule has 0 atom stereocenters.